The van der Waals surface area contributed by atoms with E-state index in [2.05, 4.69) is 18.5 Å². The Kier molecular flexibility index (Phi) is 6.19. The Bertz CT molecular complexity index is 137. The fourth-order valence-corrected chi connectivity index (χ4v) is 0.704. The minimum Gasteiger partial charge on any atom is -0.497 e. The average molecular weight is 171 g/mol. The maximum atomic E-state index is 5.13. The summed E-state index contributed by atoms with van der Waals surface area (Å²) in [6, 6.07) is 0. The molecule has 0 aliphatic rings. The fourth-order valence-electron chi connectivity index (χ4n) is 0.704. The van der Waals surface area contributed by atoms with Crippen LogP contribution in [-0.2, 0) is 9.47 Å². The maximum absolute atomic E-state index is 5.13. The van der Waals surface area contributed by atoms with Crippen molar-refractivity contribution < 1.29 is 9.47 Å². The van der Waals surface area contributed by atoms with Gasteiger partial charge in [-0.1, -0.05) is 13.2 Å². The zero-order valence-electron chi connectivity index (χ0n) is 7.85. The van der Waals surface area contributed by atoms with E-state index in [1.165, 1.54) is 0 Å². The molecule has 0 heterocycles. The zero-order valence-corrected chi connectivity index (χ0v) is 7.85. The van der Waals surface area contributed by atoms with Crippen LogP contribution < -0.4 is 5.32 Å². The van der Waals surface area contributed by atoms with E-state index in [0.29, 0.717) is 19.8 Å². The van der Waals surface area contributed by atoms with Crippen LogP contribution in [0.15, 0.2) is 24.6 Å². The fraction of sp³-hybridized carbons (Fsp3) is 0.556. The van der Waals surface area contributed by atoms with Crippen molar-refractivity contribution >= 4 is 0 Å². The summed E-state index contributed by atoms with van der Waals surface area (Å²) in [5, 5.41) is 3.02. The third kappa shape index (κ3) is 5.80. The summed E-state index contributed by atoms with van der Waals surface area (Å²) in [5.41, 5.74) is 0.832. The van der Waals surface area contributed by atoms with Crippen molar-refractivity contribution in [2.45, 2.75) is 6.92 Å². The van der Waals surface area contributed by atoms with Gasteiger partial charge in [0.1, 0.15) is 5.76 Å². The summed E-state index contributed by atoms with van der Waals surface area (Å²) >= 11 is 0. The maximum Gasteiger partial charge on any atom is 0.108 e. The van der Waals surface area contributed by atoms with Crippen molar-refractivity contribution in [1.82, 2.24) is 5.32 Å². The number of hydrogen-bond donors (Lipinski definition) is 1. The lowest BCUT2D eigenvalue weighted by molar-refractivity contribution is 0.210. The van der Waals surface area contributed by atoms with E-state index >= 15 is 0 Å². The van der Waals surface area contributed by atoms with Gasteiger partial charge < -0.3 is 14.8 Å². The summed E-state index contributed by atoms with van der Waals surface area (Å²) in [7, 11) is 1.63. The number of methoxy groups -OCH3 is 1. The third-order valence-electron chi connectivity index (χ3n) is 1.20. The van der Waals surface area contributed by atoms with Crippen LogP contribution in [0.1, 0.15) is 6.92 Å². The van der Waals surface area contributed by atoms with E-state index in [9.17, 15) is 0 Å². The molecule has 0 saturated heterocycles. The summed E-state index contributed by atoms with van der Waals surface area (Å²) < 4.78 is 9.99. The van der Waals surface area contributed by atoms with E-state index < -0.39 is 0 Å². The van der Waals surface area contributed by atoms with Crippen LogP contribution in [-0.4, -0.2) is 26.9 Å². The highest BCUT2D eigenvalue weighted by Crippen LogP contribution is 1.92. The number of ether oxygens (including phenoxy) is 2. The van der Waals surface area contributed by atoms with Crippen LogP contribution in [0.2, 0.25) is 0 Å². The highest BCUT2D eigenvalue weighted by atomic mass is 16.5. The Morgan fingerprint density at radius 2 is 2.08 bits per heavy atom. The van der Waals surface area contributed by atoms with Gasteiger partial charge in [0.25, 0.3) is 0 Å². The zero-order chi connectivity index (χ0) is 9.40. The van der Waals surface area contributed by atoms with Gasteiger partial charge in [-0.25, -0.2) is 0 Å². The second-order valence-electron chi connectivity index (χ2n) is 2.36. The Labute approximate surface area is 74.1 Å². The molecule has 0 aliphatic carbocycles. The number of nitrogens with one attached hydrogen (secondary N) is 1. The topological polar surface area (TPSA) is 30.5 Å². The molecule has 3 heteroatoms. The summed E-state index contributed by atoms with van der Waals surface area (Å²) in [6.45, 7) is 11.1. The highest BCUT2D eigenvalue weighted by molar-refractivity contribution is 4.96. The Morgan fingerprint density at radius 1 is 1.42 bits per heavy atom. The Morgan fingerprint density at radius 3 is 2.58 bits per heavy atom. The van der Waals surface area contributed by atoms with Crippen molar-refractivity contribution in [2.75, 3.05) is 26.9 Å². The van der Waals surface area contributed by atoms with E-state index in [1.807, 2.05) is 6.92 Å². The van der Waals surface area contributed by atoms with Crippen LogP contribution in [0.3, 0.4) is 0 Å². The van der Waals surface area contributed by atoms with Crippen molar-refractivity contribution in [3.05, 3.63) is 24.6 Å². The predicted molar refractivity (Wildman–Crippen MR) is 49.8 cm³/mol. The molecule has 0 aliphatic heterocycles. The molecule has 0 rings (SSSR count). The Hall–Kier alpha value is -0.960. The smallest absolute Gasteiger partial charge is 0.108 e. The molecule has 0 bridgehead atoms. The van der Waals surface area contributed by atoms with E-state index in [4.69, 9.17) is 9.47 Å². The second kappa shape index (κ2) is 6.73. The minimum atomic E-state index is 0.513. The summed E-state index contributed by atoms with van der Waals surface area (Å²) in [5.74, 6) is 0.717. The first kappa shape index (κ1) is 11.0. The normalized spacial score (nSPS) is 9.17. The lowest BCUT2D eigenvalue weighted by Crippen LogP contribution is -2.19. The molecule has 70 valence electrons. The minimum absolute atomic E-state index is 0.513. The van der Waals surface area contributed by atoms with Gasteiger partial charge in [-0.15, -0.1) is 0 Å². The first-order valence-corrected chi connectivity index (χ1v) is 3.91. The molecular formula is C9H17NO2. The van der Waals surface area contributed by atoms with Crippen LogP contribution in [0.25, 0.3) is 0 Å². The van der Waals surface area contributed by atoms with Gasteiger partial charge in [-0.05, 0) is 6.92 Å². The quantitative estimate of drug-likeness (QED) is 0.585. The molecule has 0 saturated carbocycles. The lowest BCUT2D eigenvalue weighted by atomic mass is 10.4. The molecule has 0 atom stereocenters. The average Bonchev–Trinajstić information content (AvgIpc) is 2.02. The second-order valence-corrected chi connectivity index (χ2v) is 2.36. The molecule has 0 aromatic carbocycles. The van der Waals surface area contributed by atoms with Crippen LogP contribution in [0.5, 0.6) is 0 Å². The molecule has 1 N–H and O–H groups in total. The molecule has 0 amide bonds. The van der Waals surface area contributed by atoms with Gasteiger partial charge >= 0.3 is 0 Å². The first-order chi connectivity index (χ1) is 5.70. The summed E-state index contributed by atoms with van der Waals surface area (Å²) in [4.78, 5) is 0. The van der Waals surface area contributed by atoms with Gasteiger partial charge in [0.2, 0.25) is 0 Å². The van der Waals surface area contributed by atoms with Crippen LogP contribution in [0.4, 0.5) is 0 Å². The molecule has 0 fully saturated rings. The molecular weight excluding hydrogens is 154 g/mol. The molecule has 0 unspecified atom stereocenters. The summed E-state index contributed by atoms with van der Waals surface area (Å²) in [6.07, 6.45) is 0. The molecule has 3 nitrogen and oxygen atoms in total. The van der Waals surface area contributed by atoms with Gasteiger partial charge in [0.15, 0.2) is 0 Å². The van der Waals surface area contributed by atoms with Crippen LogP contribution in [0, 0.1) is 0 Å². The van der Waals surface area contributed by atoms with Gasteiger partial charge in [-0.3, -0.25) is 0 Å². The first-order valence-electron chi connectivity index (χ1n) is 3.91. The molecule has 12 heavy (non-hydrogen) atoms. The largest absolute Gasteiger partial charge is 0.497 e. The standard InChI is InChI=1S/C9H17NO2/c1-5-12-9(3)6-10-8(2)7-11-4/h10H,2-3,5-7H2,1,4H3. The van der Waals surface area contributed by atoms with E-state index in [1.54, 1.807) is 7.11 Å². The Balaban J connectivity index is 3.40. The molecule has 0 aromatic rings. The van der Waals surface area contributed by atoms with Crippen LogP contribution >= 0.6 is 0 Å². The van der Waals surface area contributed by atoms with Gasteiger partial charge in [-0.2, -0.15) is 0 Å². The van der Waals surface area contributed by atoms with Crippen molar-refractivity contribution in [3.8, 4) is 0 Å². The van der Waals surface area contributed by atoms with Crippen molar-refractivity contribution in [1.29, 1.82) is 0 Å². The third-order valence-corrected chi connectivity index (χ3v) is 1.20. The number of hydrogen-bond acceptors (Lipinski definition) is 3. The predicted octanol–water partition coefficient (Wildman–Crippen LogP) is 1.29. The van der Waals surface area contributed by atoms with Gasteiger partial charge in [0, 0.05) is 12.8 Å². The number of rotatable bonds is 7. The molecule has 0 aromatic heterocycles. The highest BCUT2D eigenvalue weighted by Gasteiger charge is 1.94. The van der Waals surface area contributed by atoms with Crippen molar-refractivity contribution in [2.24, 2.45) is 0 Å². The van der Waals surface area contributed by atoms with E-state index in [-0.39, 0.29) is 0 Å². The lowest BCUT2D eigenvalue weighted by Gasteiger charge is -2.10. The molecule has 0 radical (unpaired) electrons. The monoisotopic (exact) mass is 171 g/mol. The van der Waals surface area contributed by atoms with E-state index in [0.717, 1.165) is 11.5 Å². The molecule has 0 spiro atoms. The van der Waals surface area contributed by atoms with Gasteiger partial charge in [0.05, 0.1) is 19.8 Å². The SMILES string of the molecule is C=C(COC)NCC(=C)OCC. The van der Waals surface area contributed by atoms with Crippen molar-refractivity contribution in [3.63, 3.8) is 0 Å².